The zero-order chi connectivity index (χ0) is 18.4. The van der Waals surface area contributed by atoms with E-state index < -0.39 is 0 Å². The number of rotatable bonds is 6. The van der Waals surface area contributed by atoms with Crippen LogP contribution in [0.2, 0.25) is 0 Å². The number of hydrogen-bond acceptors (Lipinski definition) is 5. The van der Waals surface area contributed by atoms with Gasteiger partial charge in [0.05, 0.1) is 12.1 Å². The van der Waals surface area contributed by atoms with E-state index in [0.29, 0.717) is 6.54 Å². The molecule has 6 nitrogen and oxygen atoms in total. The molecule has 0 aliphatic rings. The van der Waals surface area contributed by atoms with Crippen molar-refractivity contribution in [2.24, 2.45) is 0 Å². The van der Waals surface area contributed by atoms with Gasteiger partial charge in [-0.1, -0.05) is 6.07 Å². The van der Waals surface area contributed by atoms with Gasteiger partial charge in [0, 0.05) is 42.5 Å². The minimum absolute atomic E-state index is 0.0771. The van der Waals surface area contributed by atoms with Crippen molar-refractivity contribution < 1.29 is 9.59 Å². The molecule has 7 heteroatoms. The molecule has 2 amide bonds. The van der Waals surface area contributed by atoms with Gasteiger partial charge in [0.15, 0.2) is 0 Å². The molecule has 0 fully saturated rings. The highest BCUT2D eigenvalue weighted by atomic mass is 32.1. The third kappa shape index (κ3) is 4.97. The number of hydrogen-bond donors (Lipinski definition) is 2. The van der Waals surface area contributed by atoms with Crippen LogP contribution in [0.4, 0.5) is 5.69 Å². The van der Waals surface area contributed by atoms with Gasteiger partial charge in [-0.25, -0.2) is 4.98 Å². The zero-order valence-corrected chi connectivity index (χ0v) is 15.0. The molecular formula is C19H18N4O2S. The summed E-state index contributed by atoms with van der Waals surface area (Å²) in [4.78, 5) is 31.7. The van der Waals surface area contributed by atoms with Crippen LogP contribution in [0.25, 0.3) is 10.6 Å². The SMILES string of the molecule is CC(=O)Nc1ccc(-c2nc(CC(=O)NCc3cccnc3)cs2)cc1. The lowest BCUT2D eigenvalue weighted by atomic mass is 10.2. The van der Waals surface area contributed by atoms with Crippen LogP contribution in [0.15, 0.2) is 54.2 Å². The second-order valence-corrected chi connectivity index (χ2v) is 6.58. The van der Waals surface area contributed by atoms with Gasteiger partial charge in [-0.05, 0) is 35.9 Å². The number of nitrogens with one attached hydrogen (secondary N) is 2. The first-order valence-electron chi connectivity index (χ1n) is 8.08. The Morgan fingerprint density at radius 3 is 2.65 bits per heavy atom. The minimum atomic E-state index is -0.105. The van der Waals surface area contributed by atoms with Gasteiger partial charge >= 0.3 is 0 Å². The monoisotopic (exact) mass is 366 g/mol. The number of thiazole rings is 1. The zero-order valence-electron chi connectivity index (χ0n) is 14.2. The molecule has 2 aromatic heterocycles. The summed E-state index contributed by atoms with van der Waals surface area (Å²) in [5, 5.41) is 8.33. The van der Waals surface area contributed by atoms with E-state index in [1.165, 1.54) is 18.3 Å². The Labute approximate surface area is 155 Å². The van der Waals surface area contributed by atoms with Crippen molar-refractivity contribution in [1.82, 2.24) is 15.3 Å². The quantitative estimate of drug-likeness (QED) is 0.702. The molecule has 0 bridgehead atoms. The third-order valence-corrected chi connectivity index (χ3v) is 4.50. The molecule has 2 N–H and O–H groups in total. The Bertz CT molecular complexity index is 891. The van der Waals surface area contributed by atoms with Crippen LogP contribution in [-0.4, -0.2) is 21.8 Å². The Morgan fingerprint density at radius 2 is 1.96 bits per heavy atom. The Hall–Kier alpha value is -3.06. The largest absolute Gasteiger partial charge is 0.352 e. The van der Waals surface area contributed by atoms with Gasteiger partial charge in [0.1, 0.15) is 5.01 Å². The summed E-state index contributed by atoms with van der Waals surface area (Å²) in [6.07, 6.45) is 3.66. The fourth-order valence-electron chi connectivity index (χ4n) is 2.35. The number of benzene rings is 1. The first-order valence-corrected chi connectivity index (χ1v) is 8.96. The number of carbonyl (C=O) groups excluding carboxylic acids is 2. The number of carbonyl (C=O) groups is 2. The lowest BCUT2D eigenvalue weighted by Crippen LogP contribution is -2.24. The van der Waals surface area contributed by atoms with E-state index in [1.807, 2.05) is 41.8 Å². The summed E-state index contributed by atoms with van der Waals surface area (Å²) >= 11 is 1.49. The molecule has 26 heavy (non-hydrogen) atoms. The molecule has 132 valence electrons. The molecule has 1 aromatic carbocycles. The lowest BCUT2D eigenvalue weighted by Gasteiger charge is -2.04. The van der Waals surface area contributed by atoms with Crippen molar-refractivity contribution in [1.29, 1.82) is 0 Å². The highest BCUT2D eigenvalue weighted by Gasteiger charge is 2.09. The molecule has 2 heterocycles. The highest BCUT2D eigenvalue weighted by molar-refractivity contribution is 7.13. The van der Waals surface area contributed by atoms with Crippen LogP contribution in [0.1, 0.15) is 18.2 Å². The highest BCUT2D eigenvalue weighted by Crippen LogP contribution is 2.25. The van der Waals surface area contributed by atoms with E-state index in [-0.39, 0.29) is 18.2 Å². The average molecular weight is 366 g/mol. The van der Waals surface area contributed by atoms with Gasteiger partial charge in [-0.15, -0.1) is 11.3 Å². The normalized spacial score (nSPS) is 10.3. The standard InChI is InChI=1S/C19H18N4O2S/c1-13(24)22-16-6-4-15(5-7-16)19-23-17(12-26-19)9-18(25)21-11-14-3-2-8-20-10-14/h2-8,10,12H,9,11H2,1H3,(H,21,25)(H,22,24). The maximum absolute atomic E-state index is 12.1. The minimum Gasteiger partial charge on any atom is -0.352 e. The molecule has 0 radical (unpaired) electrons. The van der Waals surface area contributed by atoms with Gasteiger partial charge < -0.3 is 10.6 Å². The summed E-state index contributed by atoms with van der Waals surface area (Å²) in [6.45, 7) is 1.93. The predicted molar refractivity (Wildman–Crippen MR) is 102 cm³/mol. The molecule has 0 unspecified atom stereocenters. The Balaban J connectivity index is 1.57. The van der Waals surface area contributed by atoms with E-state index in [4.69, 9.17) is 0 Å². The molecular weight excluding hydrogens is 348 g/mol. The van der Waals surface area contributed by atoms with Crippen LogP contribution >= 0.6 is 11.3 Å². The number of pyridine rings is 1. The van der Waals surface area contributed by atoms with Crippen LogP contribution < -0.4 is 10.6 Å². The first kappa shape index (κ1) is 17.8. The van der Waals surface area contributed by atoms with Crippen LogP contribution in [0.5, 0.6) is 0 Å². The van der Waals surface area contributed by atoms with Crippen LogP contribution in [-0.2, 0) is 22.6 Å². The predicted octanol–water partition coefficient (Wildman–Crippen LogP) is 3.02. The second-order valence-electron chi connectivity index (χ2n) is 5.72. The first-order chi connectivity index (χ1) is 12.6. The van der Waals surface area contributed by atoms with Crippen molar-refractivity contribution in [3.05, 3.63) is 65.4 Å². The van der Waals surface area contributed by atoms with Gasteiger partial charge in [0.2, 0.25) is 11.8 Å². The summed E-state index contributed by atoms with van der Waals surface area (Å²) in [5.41, 5.74) is 3.39. The van der Waals surface area contributed by atoms with Crippen LogP contribution in [0.3, 0.4) is 0 Å². The number of aromatic nitrogens is 2. The van der Waals surface area contributed by atoms with Crippen molar-refractivity contribution in [2.45, 2.75) is 19.9 Å². The smallest absolute Gasteiger partial charge is 0.226 e. The van der Waals surface area contributed by atoms with Gasteiger partial charge in [0.25, 0.3) is 0 Å². The fraction of sp³-hybridized carbons (Fsp3) is 0.158. The van der Waals surface area contributed by atoms with E-state index in [2.05, 4.69) is 20.6 Å². The van der Waals surface area contributed by atoms with E-state index in [9.17, 15) is 9.59 Å². The molecule has 3 rings (SSSR count). The van der Waals surface area contributed by atoms with E-state index in [0.717, 1.165) is 27.5 Å². The molecule has 0 atom stereocenters. The van der Waals surface area contributed by atoms with Crippen LogP contribution in [0, 0.1) is 0 Å². The summed E-state index contributed by atoms with van der Waals surface area (Å²) in [5.74, 6) is -0.182. The third-order valence-electron chi connectivity index (χ3n) is 3.56. The topological polar surface area (TPSA) is 84.0 Å². The fourth-order valence-corrected chi connectivity index (χ4v) is 3.18. The van der Waals surface area contributed by atoms with Gasteiger partial charge in [-0.3, -0.25) is 14.6 Å². The molecule has 0 aliphatic carbocycles. The lowest BCUT2D eigenvalue weighted by molar-refractivity contribution is -0.120. The summed E-state index contributed by atoms with van der Waals surface area (Å²) < 4.78 is 0. The van der Waals surface area contributed by atoms with Gasteiger partial charge in [-0.2, -0.15) is 0 Å². The average Bonchev–Trinajstić information content (AvgIpc) is 3.09. The Morgan fingerprint density at radius 1 is 1.15 bits per heavy atom. The number of anilines is 1. The second kappa shape index (κ2) is 8.35. The summed E-state index contributed by atoms with van der Waals surface area (Å²) in [6, 6.07) is 11.2. The molecule has 0 saturated heterocycles. The van der Waals surface area contributed by atoms with Crippen molar-refractivity contribution >= 4 is 28.8 Å². The number of amides is 2. The van der Waals surface area contributed by atoms with Crippen molar-refractivity contribution in [3.63, 3.8) is 0 Å². The Kier molecular flexibility index (Phi) is 5.70. The molecule has 0 spiro atoms. The van der Waals surface area contributed by atoms with Crippen molar-refractivity contribution in [3.8, 4) is 10.6 Å². The summed E-state index contributed by atoms with van der Waals surface area (Å²) in [7, 11) is 0. The maximum atomic E-state index is 12.1. The van der Waals surface area contributed by atoms with E-state index in [1.54, 1.807) is 12.4 Å². The molecule has 3 aromatic rings. The van der Waals surface area contributed by atoms with E-state index >= 15 is 0 Å². The number of nitrogens with zero attached hydrogens (tertiary/aromatic N) is 2. The molecule has 0 aliphatic heterocycles. The van der Waals surface area contributed by atoms with Crippen molar-refractivity contribution in [2.75, 3.05) is 5.32 Å². The molecule has 0 saturated carbocycles. The maximum Gasteiger partial charge on any atom is 0.226 e.